The van der Waals surface area contributed by atoms with E-state index in [1.165, 1.54) is 0 Å². The Morgan fingerprint density at radius 1 is 1.36 bits per heavy atom. The van der Waals surface area contributed by atoms with Crippen LogP contribution in [-0.4, -0.2) is 28.9 Å². The van der Waals surface area contributed by atoms with Crippen molar-refractivity contribution < 1.29 is 5.11 Å². The molecule has 14 heavy (non-hydrogen) atoms. The van der Waals surface area contributed by atoms with Crippen molar-refractivity contribution in [3.8, 4) is 5.75 Å². The van der Waals surface area contributed by atoms with Crippen LogP contribution in [-0.2, 0) is 0 Å². The first-order valence-corrected chi connectivity index (χ1v) is 4.82. The average Bonchev–Trinajstić information content (AvgIpc) is 2.19. The lowest BCUT2D eigenvalue weighted by Crippen LogP contribution is -2.30. The minimum Gasteiger partial charge on any atom is -0.508 e. The lowest BCUT2D eigenvalue weighted by Gasteiger charge is -2.21. The zero-order chi connectivity index (χ0) is 10.6. The van der Waals surface area contributed by atoms with Crippen LogP contribution in [0.4, 0.5) is 0 Å². The van der Waals surface area contributed by atoms with Crippen LogP contribution in [0.2, 0.25) is 0 Å². The van der Waals surface area contributed by atoms with Crippen molar-refractivity contribution in [1.82, 2.24) is 4.90 Å². The number of phenolic OH excluding ortho intramolecular Hbond substituents is 1. The molecule has 0 bridgehead atoms. The second-order valence-electron chi connectivity index (χ2n) is 3.07. The number of rotatable bonds is 3. The zero-order valence-electron chi connectivity index (χ0n) is 8.62. The summed E-state index contributed by atoms with van der Waals surface area (Å²) >= 11 is 0. The highest BCUT2D eigenvalue weighted by atomic mass is 16.3. The van der Waals surface area contributed by atoms with Gasteiger partial charge in [0.15, 0.2) is 0 Å². The largest absolute Gasteiger partial charge is 0.508 e. The molecule has 0 aliphatic heterocycles. The smallest absolute Gasteiger partial charge is 0.128 e. The molecule has 0 heterocycles. The van der Waals surface area contributed by atoms with Crippen molar-refractivity contribution in [3.63, 3.8) is 0 Å². The number of amidine groups is 1. The Bertz CT molecular complexity index is 319. The first-order valence-electron chi connectivity index (χ1n) is 4.82. The molecule has 0 aliphatic carbocycles. The van der Waals surface area contributed by atoms with E-state index in [4.69, 9.17) is 5.41 Å². The summed E-state index contributed by atoms with van der Waals surface area (Å²) in [5.41, 5.74) is 0.758. The van der Waals surface area contributed by atoms with Crippen LogP contribution in [0.3, 0.4) is 0 Å². The third kappa shape index (κ3) is 2.25. The molecule has 0 amide bonds. The monoisotopic (exact) mass is 192 g/mol. The van der Waals surface area contributed by atoms with Gasteiger partial charge in [0.2, 0.25) is 0 Å². The Hall–Kier alpha value is -1.51. The predicted molar refractivity (Wildman–Crippen MR) is 57.9 cm³/mol. The summed E-state index contributed by atoms with van der Waals surface area (Å²) in [7, 11) is 0. The van der Waals surface area contributed by atoms with E-state index in [9.17, 15) is 5.11 Å². The van der Waals surface area contributed by atoms with Crippen molar-refractivity contribution in [1.29, 1.82) is 5.41 Å². The Labute approximate surface area is 84.5 Å². The van der Waals surface area contributed by atoms with Crippen molar-refractivity contribution in [2.75, 3.05) is 13.1 Å². The molecule has 1 aromatic carbocycles. The van der Waals surface area contributed by atoms with Crippen LogP contribution in [0.15, 0.2) is 24.3 Å². The number of phenols is 1. The van der Waals surface area contributed by atoms with Gasteiger partial charge in [-0.1, -0.05) is 12.1 Å². The molecule has 1 aromatic rings. The highest BCUT2D eigenvalue weighted by Gasteiger charge is 2.07. The molecule has 3 heteroatoms. The molecule has 0 aliphatic rings. The minimum absolute atomic E-state index is 0.208. The number of nitrogens with one attached hydrogen (secondary N) is 1. The minimum atomic E-state index is 0.208. The van der Waals surface area contributed by atoms with Crippen LogP contribution in [0.25, 0.3) is 0 Å². The van der Waals surface area contributed by atoms with E-state index in [1.807, 2.05) is 24.8 Å². The van der Waals surface area contributed by atoms with E-state index >= 15 is 0 Å². The van der Waals surface area contributed by atoms with E-state index in [0.29, 0.717) is 5.84 Å². The fraction of sp³-hybridized carbons (Fsp3) is 0.364. The van der Waals surface area contributed by atoms with Crippen molar-refractivity contribution in [3.05, 3.63) is 29.8 Å². The standard InChI is InChI=1S/C11H16N2O/c1-3-13(4-2)11(12)9-6-5-7-10(14)8-9/h5-8,12,14H,3-4H2,1-2H3. The quantitative estimate of drug-likeness (QED) is 0.569. The molecule has 0 saturated carbocycles. The third-order valence-electron chi connectivity index (χ3n) is 2.20. The van der Waals surface area contributed by atoms with Crippen LogP contribution in [0.1, 0.15) is 19.4 Å². The Balaban J connectivity index is 2.88. The average molecular weight is 192 g/mol. The summed E-state index contributed by atoms with van der Waals surface area (Å²) < 4.78 is 0. The van der Waals surface area contributed by atoms with Gasteiger partial charge in [-0.15, -0.1) is 0 Å². The molecule has 0 aromatic heterocycles. The van der Waals surface area contributed by atoms with Gasteiger partial charge in [0.25, 0.3) is 0 Å². The topological polar surface area (TPSA) is 47.3 Å². The molecule has 0 unspecified atom stereocenters. The summed E-state index contributed by atoms with van der Waals surface area (Å²) in [5.74, 6) is 0.672. The lowest BCUT2D eigenvalue weighted by atomic mass is 10.2. The van der Waals surface area contributed by atoms with Gasteiger partial charge in [0.1, 0.15) is 11.6 Å². The molecule has 1 rings (SSSR count). The van der Waals surface area contributed by atoms with Crippen LogP contribution < -0.4 is 0 Å². The van der Waals surface area contributed by atoms with Gasteiger partial charge in [0.05, 0.1) is 0 Å². The fourth-order valence-corrected chi connectivity index (χ4v) is 1.38. The van der Waals surface area contributed by atoms with Gasteiger partial charge in [-0.05, 0) is 26.0 Å². The molecule has 0 spiro atoms. The van der Waals surface area contributed by atoms with Gasteiger partial charge in [-0.2, -0.15) is 0 Å². The van der Waals surface area contributed by atoms with Crippen LogP contribution >= 0.6 is 0 Å². The summed E-state index contributed by atoms with van der Waals surface area (Å²) in [6.07, 6.45) is 0. The first-order chi connectivity index (χ1) is 6.69. The number of aromatic hydroxyl groups is 1. The second-order valence-corrected chi connectivity index (χ2v) is 3.07. The molecule has 76 valence electrons. The van der Waals surface area contributed by atoms with E-state index < -0.39 is 0 Å². The molecule has 0 fully saturated rings. The number of benzene rings is 1. The molecule has 0 saturated heterocycles. The van der Waals surface area contributed by atoms with Gasteiger partial charge in [-0.3, -0.25) is 5.41 Å². The summed E-state index contributed by atoms with van der Waals surface area (Å²) in [6, 6.07) is 6.81. The van der Waals surface area contributed by atoms with Gasteiger partial charge >= 0.3 is 0 Å². The van der Waals surface area contributed by atoms with E-state index in [0.717, 1.165) is 18.7 Å². The maximum atomic E-state index is 9.27. The van der Waals surface area contributed by atoms with E-state index in [1.54, 1.807) is 18.2 Å². The predicted octanol–water partition coefficient (Wildman–Crippen LogP) is 2.06. The highest BCUT2D eigenvalue weighted by molar-refractivity contribution is 5.96. The zero-order valence-corrected chi connectivity index (χ0v) is 8.62. The number of hydrogen-bond acceptors (Lipinski definition) is 2. The van der Waals surface area contributed by atoms with Gasteiger partial charge in [-0.25, -0.2) is 0 Å². The summed E-state index contributed by atoms with van der Waals surface area (Å²) in [4.78, 5) is 1.94. The Morgan fingerprint density at radius 3 is 2.50 bits per heavy atom. The van der Waals surface area contributed by atoms with Gasteiger partial charge < -0.3 is 10.0 Å². The lowest BCUT2D eigenvalue weighted by molar-refractivity contribution is 0.461. The number of nitrogens with zero attached hydrogens (tertiary/aromatic N) is 1. The third-order valence-corrected chi connectivity index (χ3v) is 2.20. The normalized spacial score (nSPS) is 9.86. The second kappa shape index (κ2) is 4.65. The van der Waals surface area contributed by atoms with E-state index in [-0.39, 0.29) is 5.75 Å². The number of hydrogen-bond donors (Lipinski definition) is 2. The van der Waals surface area contributed by atoms with Crippen molar-refractivity contribution >= 4 is 5.84 Å². The molecule has 3 nitrogen and oxygen atoms in total. The Kier molecular flexibility index (Phi) is 3.51. The molecule has 0 atom stereocenters. The maximum absolute atomic E-state index is 9.27. The molecule has 0 radical (unpaired) electrons. The summed E-state index contributed by atoms with van der Waals surface area (Å²) in [5, 5.41) is 17.2. The van der Waals surface area contributed by atoms with Crippen LogP contribution in [0, 0.1) is 5.41 Å². The Morgan fingerprint density at radius 2 is 2.00 bits per heavy atom. The van der Waals surface area contributed by atoms with Crippen molar-refractivity contribution in [2.45, 2.75) is 13.8 Å². The molecule has 2 N–H and O–H groups in total. The van der Waals surface area contributed by atoms with Crippen LogP contribution in [0.5, 0.6) is 5.75 Å². The highest BCUT2D eigenvalue weighted by Crippen LogP contribution is 2.12. The molecular formula is C11H16N2O. The fourth-order valence-electron chi connectivity index (χ4n) is 1.38. The van der Waals surface area contributed by atoms with Gasteiger partial charge in [0, 0.05) is 18.7 Å². The molecular weight excluding hydrogens is 176 g/mol. The van der Waals surface area contributed by atoms with E-state index in [2.05, 4.69) is 0 Å². The first kappa shape index (κ1) is 10.6. The van der Waals surface area contributed by atoms with Crippen molar-refractivity contribution in [2.24, 2.45) is 0 Å². The maximum Gasteiger partial charge on any atom is 0.128 e. The summed E-state index contributed by atoms with van der Waals surface area (Å²) in [6.45, 7) is 5.65. The SMILES string of the molecule is CCN(CC)C(=N)c1cccc(O)c1.